The predicted octanol–water partition coefficient (Wildman–Crippen LogP) is 3.36. The third-order valence-electron chi connectivity index (χ3n) is 6.27. The lowest BCUT2D eigenvalue weighted by atomic mass is 9.84. The van der Waals surface area contributed by atoms with Gasteiger partial charge in [0.05, 0.1) is 34.2 Å². The molecule has 0 aromatic heterocycles. The van der Waals surface area contributed by atoms with Crippen LogP contribution in [-0.4, -0.2) is 28.7 Å². The van der Waals surface area contributed by atoms with E-state index in [2.05, 4.69) is 0 Å². The second-order valence-corrected chi connectivity index (χ2v) is 8.32. The van der Waals surface area contributed by atoms with Crippen LogP contribution >= 0.6 is 11.6 Å². The largest absolute Gasteiger partial charge is 0.417 e. The average molecular weight is 462 g/mol. The molecule has 3 heterocycles. The molecule has 164 valence electrons. The minimum absolute atomic E-state index is 0.250. The molecule has 0 bridgehead atoms. The Morgan fingerprint density at radius 2 is 1.72 bits per heavy atom. The van der Waals surface area contributed by atoms with Crippen LogP contribution in [0.4, 0.5) is 18.9 Å². The molecule has 0 radical (unpaired) electrons. The van der Waals surface area contributed by atoms with Crippen LogP contribution < -0.4 is 10.6 Å². The van der Waals surface area contributed by atoms with Gasteiger partial charge in [0.2, 0.25) is 17.7 Å². The number of fused-ring (bicyclic) bond motifs is 5. The van der Waals surface area contributed by atoms with Crippen LogP contribution in [0.2, 0.25) is 5.02 Å². The summed E-state index contributed by atoms with van der Waals surface area (Å²) in [6.07, 6.45) is -1.37. The van der Waals surface area contributed by atoms with Crippen molar-refractivity contribution in [1.82, 2.24) is 4.90 Å². The lowest BCUT2D eigenvalue weighted by Crippen LogP contribution is -2.46. The van der Waals surface area contributed by atoms with Gasteiger partial charge in [-0.15, -0.1) is 0 Å². The number of primary amides is 1. The van der Waals surface area contributed by atoms with Crippen molar-refractivity contribution in [1.29, 1.82) is 0 Å². The number of benzene rings is 2. The second-order valence-electron chi connectivity index (χ2n) is 7.91. The highest BCUT2D eigenvalue weighted by molar-refractivity contribution is 6.31. The van der Waals surface area contributed by atoms with Crippen LogP contribution in [0, 0.1) is 11.8 Å². The van der Waals surface area contributed by atoms with Crippen molar-refractivity contribution in [3.8, 4) is 0 Å². The summed E-state index contributed by atoms with van der Waals surface area (Å²) >= 11 is 5.68. The highest BCUT2D eigenvalue weighted by atomic mass is 35.5. The Morgan fingerprint density at radius 3 is 2.41 bits per heavy atom. The quantitative estimate of drug-likeness (QED) is 0.695. The summed E-state index contributed by atoms with van der Waals surface area (Å²) in [5, 5.41) is -0.548. The van der Waals surface area contributed by atoms with Crippen molar-refractivity contribution in [2.75, 3.05) is 4.90 Å². The van der Waals surface area contributed by atoms with Crippen molar-refractivity contribution in [3.63, 3.8) is 0 Å². The van der Waals surface area contributed by atoms with Crippen LogP contribution in [0.5, 0.6) is 0 Å². The Morgan fingerprint density at radius 1 is 1.03 bits per heavy atom. The molecule has 0 spiro atoms. The van der Waals surface area contributed by atoms with E-state index >= 15 is 0 Å². The highest BCUT2D eigenvalue weighted by Crippen LogP contribution is 2.53. The van der Waals surface area contributed by atoms with Gasteiger partial charge in [0.25, 0.3) is 0 Å². The molecule has 6 nitrogen and oxygen atoms in total. The molecule has 2 aromatic carbocycles. The lowest BCUT2D eigenvalue weighted by molar-refractivity contribution is -0.137. The standard InChI is InChI=1S/C22H15ClF3N3O3/c23-14-6-5-11(9-13(14)22(24,25)26)29-20(31)15-16(21(29)32)18(19(27)30)28-8-7-10-3-1-2-4-12(10)17(15)28/h1-9,15-18H,(H2,27,30)/t15-,16+,17-,18-/m0/s1. The number of nitrogens with zero attached hydrogens (tertiary/aromatic N) is 2. The first-order chi connectivity index (χ1) is 15.1. The molecule has 3 amide bonds. The summed E-state index contributed by atoms with van der Waals surface area (Å²) < 4.78 is 40.0. The number of carbonyl (C=O) groups excluding carboxylic acids is 3. The van der Waals surface area contributed by atoms with Crippen LogP contribution in [-0.2, 0) is 20.6 Å². The van der Waals surface area contributed by atoms with Crippen LogP contribution in [0.3, 0.4) is 0 Å². The zero-order valence-electron chi connectivity index (χ0n) is 16.2. The van der Waals surface area contributed by atoms with Gasteiger partial charge in [0.1, 0.15) is 6.04 Å². The van der Waals surface area contributed by atoms with Gasteiger partial charge >= 0.3 is 6.18 Å². The van der Waals surface area contributed by atoms with E-state index < -0.39 is 58.4 Å². The molecular formula is C22H15ClF3N3O3. The molecule has 3 aliphatic heterocycles. The van der Waals surface area contributed by atoms with E-state index in [1.54, 1.807) is 29.3 Å². The molecule has 32 heavy (non-hydrogen) atoms. The van der Waals surface area contributed by atoms with Crippen LogP contribution in [0.25, 0.3) is 6.08 Å². The van der Waals surface area contributed by atoms with Crippen molar-refractivity contribution in [3.05, 3.63) is 70.4 Å². The predicted molar refractivity (Wildman–Crippen MR) is 109 cm³/mol. The number of carbonyl (C=O) groups is 3. The summed E-state index contributed by atoms with van der Waals surface area (Å²) in [5.74, 6) is -4.33. The topological polar surface area (TPSA) is 83.7 Å². The van der Waals surface area contributed by atoms with Gasteiger partial charge in [-0.1, -0.05) is 35.9 Å². The van der Waals surface area contributed by atoms with E-state index in [9.17, 15) is 27.6 Å². The van der Waals surface area contributed by atoms with Crippen molar-refractivity contribution < 1.29 is 27.6 Å². The molecule has 2 fully saturated rings. The first-order valence-corrected chi connectivity index (χ1v) is 10.1. The van der Waals surface area contributed by atoms with Gasteiger partial charge < -0.3 is 10.6 Å². The maximum absolute atomic E-state index is 13.5. The molecule has 10 heteroatoms. The summed E-state index contributed by atoms with van der Waals surface area (Å²) in [6.45, 7) is 0. The van der Waals surface area contributed by atoms with Gasteiger partial charge in [0.15, 0.2) is 0 Å². The first kappa shape index (κ1) is 20.6. The van der Waals surface area contributed by atoms with Crippen molar-refractivity contribution in [2.24, 2.45) is 17.6 Å². The molecule has 0 saturated carbocycles. The van der Waals surface area contributed by atoms with Crippen molar-refractivity contribution >= 4 is 41.1 Å². The highest BCUT2D eigenvalue weighted by Gasteiger charge is 2.64. The SMILES string of the molecule is NC(=O)[C@@H]1[C@@H]2C(=O)N(c3ccc(Cl)c(C(F)(F)F)c3)C(=O)[C@@H]2[C@@H]2c3ccccc3C=CN12. The van der Waals surface area contributed by atoms with Crippen molar-refractivity contribution in [2.45, 2.75) is 18.3 Å². The number of hydrogen-bond donors (Lipinski definition) is 1. The number of hydrogen-bond acceptors (Lipinski definition) is 4. The Hall–Kier alpha value is -3.33. The van der Waals surface area contributed by atoms with E-state index in [1.165, 1.54) is 6.07 Å². The second kappa shape index (κ2) is 6.83. The Balaban J connectivity index is 1.63. The monoisotopic (exact) mass is 461 g/mol. The number of rotatable bonds is 2. The number of anilines is 1. The molecule has 2 aromatic rings. The average Bonchev–Trinajstić information content (AvgIpc) is 3.21. The molecule has 5 rings (SSSR count). The minimum atomic E-state index is -4.77. The molecule has 2 saturated heterocycles. The molecule has 4 atom stereocenters. The molecule has 3 aliphatic rings. The van der Waals surface area contributed by atoms with Gasteiger partial charge in [-0.05, 0) is 35.4 Å². The van der Waals surface area contributed by atoms with Gasteiger partial charge in [-0.25, -0.2) is 4.90 Å². The fraction of sp³-hybridized carbons (Fsp3) is 0.227. The summed E-state index contributed by atoms with van der Waals surface area (Å²) in [6, 6.07) is 8.31. The summed E-state index contributed by atoms with van der Waals surface area (Å²) in [7, 11) is 0. The summed E-state index contributed by atoms with van der Waals surface area (Å²) in [5.41, 5.74) is 5.76. The molecule has 2 N–H and O–H groups in total. The van der Waals surface area contributed by atoms with E-state index in [0.29, 0.717) is 6.07 Å². The normalized spacial score (nSPS) is 26.2. The smallest absolute Gasteiger partial charge is 0.368 e. The zero-order valence-corrected chi connectivity index (χ0v) is 17.0. The minimum Gasteiger partial charge on any atom is -0.368 e. The summed E-state index contributed by atoms with van der Waals surface area (Å²) in [4.78, 5) is 41.5. The van der Waals surface area contributed by atoms with Crippen LogP contribution in [0.15, 0.2) is 48.7 Å². The molecular weight excluding hydrogens is 447 g/mol. The lowest BCUT2D eigenvalue weighted by Gasteiger charge is -2.34. The van der Waals surface area contributed by atoms with Gasteiger partial charge in [0, 0.05) is 6.20 Å². The number of nitrogens with two attached hydrogens (primary N) is 1. The zero-order chi connectivity index (χ0) is 22.9. The number of halogens is 4. The Kier molecular flexibility index (Phi) is 4.39. The third-order valence-corrected chi connectivity index (χ3v) is 6.60. The van der Waals surface area contributed by atoms with E-state index in [4.69, 9.17) is 17.3 Å². The van der Waals surface area contributed by atoms with Gasteiger partial charge in [-0.2, -0.15) is 13.2 Å². The van der Waals surface area contributed by atoms with Crippen LogP contribution in [0.1, 0.15) is 22.7 Å². The Bertz CT molecular complexity index is 1210. The maximum atomic E-state index is 13.5. The van der Waals surface area contributed by atoms with E-state index in [0.717, 1.165) is 22.1 Å². The fourth-order valence-corrected chi connectivity index (χ4v) is 5.23. The Labute approximate surface area is 185 Å². The van der Waals surface area contributed by atoms with Gasteiger partial charge in [-0.3, -0.25) is 14.4 Å². The maximum Gasteiger partial charge on any atom is 0.417 e. The molecule has 0 aliphatic carbocycles. The number of imide groups is 1. The third kappa shape index (κ3) is 2.77. The number of amides is 3. The van der Waals surface area contributed by atoms with E-state index in [-0.39, 0.29) is 5.69 Å². The molecule has 0 unspecified atom stereocenters. The number of alkyl halides is 3. The fourth-order valence-electron chi connectivity index (χ4n) is 5.01. The first-order valence-electron chi connectivity index (χ1n) is 9.69. The van der Waals surface area contributed by atoms with E-state index in [1.807, 2.05) is 12.1 Å².